The van der Waals surface area contributed by atoms with Crippen LogP contribution in [0, 0.1) is 0 Å². The molecule has 7 heteroatoms. The summed E-state index contributed by atoms with van der Waals surface area (Å²) >= 11 is 0. The summed E-state index contributed by atoms with van der Waals surface area (Å²) in [6.07, 6.45) is 0. The van der Waals surface area contributed by atoms with Crippen LogP contribution < -0.4 is 0 Å². The van der Waals surface area contributed by atoms with Crippen LogP contribution in [-0.4, -0.2) is 72.8 Å². The lowest BCUT2D eigenvalue weighted by atomic mass is 10.7. The van der Waals surface area contributed by atoms with Gasteiger partial charge in [-0.2, -0.15) is 0 Å². The van der Waals surface area contributed by atoms with E-state index in [2.05, 4.69) is 0 Å². The third kappa shape index (κ3) is 18.0. The number of hydrogen-bond donors (Lipinski definition) is 1. The Morgan fingerprint density at radius 2 is 1.05 bits per heavy atom. The third-order valence-electron chi connectivity index (χ3n) is 2.00. The molecule has 0 unspecified atom stereocenters. The summed E-state index contributed by atoms with van der Waals surface area (Å²) in [5.41, 5.74) is 0. The first-order valence-electron chi connectivity index (χ1n) is 6.73. The fraction of sp³-hybridized carbons (Fsp3) is 1.00. The highest BCUT2D eigenvalue weighted by Gasteiger charge is 2.17. The van der Waals surface area contributed by atoms with E-state index in [4.69, 9.17) is 23.4 Å². The number of hydrogen-bond acceptors (Lipinski definition) is 6. The molecular formula is C12H28O6Si. The maximum Gasteiger partial charge on any atom is 0.329 e. The first-order chi connectivity index (χ1) is 9.06. The van der Waals surface area contributed by atoms with Gasteiger partial charge in [-0.1, -0.05) is 0 Å². The zero-order valence-corrected chi connectivity index (χ0v) is 13.4. The largest absolute Gasteiger partial charge is 0.411 e. The van der Waals surface area contributed by atoms with Crippen molar-refractivity contribution in [3.8, 4) is 0 Å². The first kappa shape index (κ1) is 19.0. The molecule has 0 amide bonds. The van der Waals surface area contributed by atoms with E-state index in [1.165, 1.54) is 0 Å². The first-order valence-corrected chi connectivity index (χ1v) is 9.59. The van der Waals surface area contributed by atoms with Gasteiger partial charge in [-0.25, -0.2) is 0 Å². The van der Waals surface area contributed by atoms with Gasteiger partial charge in [0, 0.05) is 6.61 Å². The molecule has 0 radical (unpaired) electrons. The molecule has 0 saturated heterocycles. The predicted molar refractivity (Wildman–Crippen MR) is 74.6 cm³/mol. The van der Waals surface area contributed by atoms with Crippen molar-refractivity contribution < 1.29 is 28.2 Å². The van der Waals surface area contributed by atoms with Crippen LogP contribution in [0.4, 0.5) is 0 Å². The lowest BCUT2D eigenvalue weighted by Gasteiger charge is -2.14. The van der Waals surface area contributed by atoms with E-state index in [0.717, 1.165) is 6.61 Å². The van der Waals surface area contributed by atoms with Crippen molar-refractivity contribution in [2.75, 3.05) is 59.5 Å². The van der Waals surface area contributed by atoms with Crippen molar-refractivity contribution in [2.24, 2.45) is 0 Å². The van der Waals surface area contributed by atoms with Gasteiger partial charge in [0.25, 0.3) is 0 Å². The van der Waals surface area contributed by atoms with Crippen molar-refractivity contribution in [3.05, 3.63) is 0 Å². The average molecular weight is 296 g/mol. The van der Waals surface area contributed by atoms with Gasteiger partial charge in [0.1, 0.15) is 0 Å². The van der Waals surface area contributed by atoms with Gasteiger partial charge in [-0.05, 0) is 20.0 Å². The molecule has 0 aromatic rings. The molecule has 0 spiro atoms. The highest BCUT2D eigenvalue weighted by molar-refractivity contribution is 6.63. The Balaban J connectivity index is 2.99. The van der Waals surface area contributed by atoms with Crippen LogP contribution in [0.25, 0.3) is 0 Å². The molecule has 0 aliphatic rings. The monoisotopic (exact) mass is 296 g/mol. The molecule has 0 aliphatic heterocycles. The van der Waals surface area contributed by atoms with Gasteiger partial charge in [-0.15, -0.1) is 0 Å². The fourth-order valence-electron chi connectivity index (χ4n) is 1.15. The predicted octanol–water partition coefficient (Wildman–Crippen LogP) is 0.783. The quantitative estimate of drug-likeness (QED) is 0.377. The zero-order chi connectivity index (χ0) is 14.4. The van der Waals surface area contributed by atoms with E-state index in [1.54, 1.807) is 13.1 Å². The van der Waals surface area contributed by atoms with Crippen LogP contribution in [0.5, 0.6) is 0 Å². The van der Waals surface area contributed by atoms with Crippen molar-refractivity contribution in [1.82, 2.24) is 0 Å². The van der Waals surface area contributed by atoms with Gasteiger partial charge in [0.05, 0.1) is 52.9 Å². The Labute approximate surface area is 117 Å². The molecule has 0 bridgehead atoms. The minimum absolute atomic E-state index is 0.427. The molecule has 0 saturated carbocycles. The van der Waals surface area contributed by atoms with E-state index in [9.17, 15) is 4.80 Å². The van der Waals surface area contributed by atoms with Gasteiger partial charge in [-0.3, -0.25) is 0 Å². The molecule has 0 aromatic carbocycles. The van der Waals surface area contributed by atoms with Gasteiger partial charge in [0.15, 0.2) is 0 Å². The summed E-state index contributed by atoms with van der Waals surface area (Å²) in [6, 6.07) is 0. The Morgan fingerprint density at radius 3 is 1.42 bits per heavy atom. The number of rotatable bonds is 14. The molecule has 0 aliphatic carbocycles. The topological polar surface area (TPSA) is 66.4 Å². The third-order valence-corrected chi connectivity index (χ3v) is 2.91. The molecule has 19 heavy (non-hydrogen) atoms. The van der Waals surface area contributed by atoms with Gasteiger partial charge < -0.3 is 28.2 Å². The van der Waals surface area contributed by atoms with E-state index < -0.39 is 8.56 Å². The maximum atomic E-state index is 9.41. The molecule has 6 nitrogen and oxygen atoms in total. The minimum Gasteiger partial charge on any atom is -0.411 e. The van der Waals surface area contributed by atoms with Crippen LogP contribution in [0.1, 0.15) is 6.92 Å². The molecular weight excluding hydrogens is 268 g/mol. The highest BCUT2D eigenvalue weighted by Crippen LogP contribution is 1.96. The highest BCUT2D eigenvalue weighted by atomic mass is 28.4. The van der Waals surface area contributed by atoms with Crippen LogP contribution in [-0.2, 0) is 23.4 Å². The molecule has 116 valence electrons. The van der Waals surface area contributed by atoms with E-state index >= 15 is 0 Å². The second-order valence-corrected chi connectivity index (χ2v) is 7.51. The van der Waals surface area contributed by atoms with Crippen molar-refractivity contribution in [1.29, 1.82) is 0 Å². The Bertz CT molecular complexity index is 186. The molecule has 0 heterocycles. The fourth-order valence-corrected chi connectivity index (χ4v) is 1.74. The second kappa shape index (κ2) is 13.0. The van der Waals surface area contributed by atoms with E-state index in [0.29, 0.717) is 52.9 Å². The van der Waals surface area contributed by atoms with Crippen LogP contribution in [0.15, 0.2) is 0 Å². The zero-order valence-electron chi connectivity index (χ0n) is 12.4. The van der Waals surface area contributed by atoms with Crippen molar-refractivity contribution in [3.63, 3.8) is 0 Å². The van der Waals surface area contributed by atoms with Gasteiger partial charge in [0.2, 0.25) is 0 Å². The normalized spacial score (nSPS) is 12.0. The lowest BCUT2D eigenvalue weighted by Crippen LogP contribution is -2.31. The maximum absolute atomic E-state index is 9.41. The molecule has 0 atom stereocenters. The van der Waals surface area contributed by atoms with Crippen LogP contribution in [0.3, 0.4) is 0 Å². The SMILES string of the molecule is CCOCCOCCOCCOCCO[Si](C)(C)O. The van der Waals surface area contributed by atoms with Gasteiger partial charge >= 0.3 is 8.56 Å². The Kier molecular flexibility index (Phi) is 13.0. The average Bonchev–Trinajstić information content (AvgIpc) is 2.34. The molecule has 1 N–H and O–H groups in total. The smallest absolute Gasteiger partial charge is 0.329 e. The Morgan fingerprint density at radius 1 is 0.684 bits per heavy atom. The van der Waals surface area contributed by atoms with E-state index in [-0.39, 0.29) is 0 Å². The van der Waals surface area contributed by atoms with E-state index in [1.807, 2.05) is 6.92 Å². The molecule has 0 fully saturated rings. The minimum atomic E-state index is -2.40. The lowest BCUT2D eigenvalue weighted by molar-refractivity contribution is -0.00439. The van der Waals surface area contributed by atoms with Crippen molar-refractivity contribution >= 4 is 8.56 Å². The summed E-state index contributed by atoms with van der Waals surface area (Å²) in [7, 11) is -2.40. The van der Waals surface area contributed by atoms with Crippen LogP contribution in [0.2, 0.25) is 13.1 Å². The standard InChI is InChI=1S/C12H28O6Si/c1-4-14-5-6-15-7-8-16-9-10-17-11-12-18-19(2,3)13/h13H,4-12H2,1-3H3. The van der Waals surface area contributed by atoms with Crippen LogP contribution >= 0.6 is 0 Å². The molecule has 0 rings (SSSR count). The Hall–Kier alpha value is -0.0231. The summed E-state index contributed by atoms with van der Waals surface area (Å²) in [4.78, 5) is 9.41. The summed E-state index contributed by atoms with van der Waals surface area (Å²) < 4.78 is 26.2. The number of ether oxygens (including phenoxy) is 4. The summed E-state index contributed by atoms with van der Waals surface area (Å²) in [5, 5.41) is 0. The second-order valence-electron chi connectivity index (χ2n) is 4.33. The van der Waals surface area contributed by atoms with Crippen molar-refractivity contribution in [2.45, 2.75) is 20.0 Å². The molecule has 0 aromatic heterocycles. The summed E-state index contributed by atoms with van der Waals surface area (Å²) in [6.45, 7) is 10.4. The summed E-state index contributed by atoms with van der Waals surface area (Å²) in [5.74, 6) is 0.